The van der Waals surface area contributed by atoms with Gasteiger partial charge in [-0.3, -0.25) is 4.79 Å². The molecule has 1 heterocycles. The van der Waals surface area contributed by atoms with Gasteiger partial charge in [-0.2, -0.15) is 0 Å². The minimum atomic E-state index is -0.996. The molecule has 2 amide bonds. The maximum atomic E-state index is 11.8. The average molecular weight is 252 g/mol. The number of hydrogen-bond acceptors (Lipinski definition) is 3. The average Bonchev–Trinajstić information content (AvgIpc) is 2.98. The minimum Gasteiger partial charge on any atom is -0.480 e. The van der Waals surface area contributed by atoms with E-state index in [4.69, 9.17) is 5.11 Å². The lowest BCUT2D eigenvalue weighted by molar-refractivity contribution is -0.137. The van der Waals surface area contributed by atoms with Gasteiger partial charge in [-0.25, -0.2) is 9.78 Å². The molecule has 98 valence electrons. The fraction of sp³-hybridized carbons (Fsp3) is 0.545. The summed E-state index contributed by atoms with van der Waals surface area (Å²) in [6, 6.07) is -0.360. The third kappa shape index (κ3) is 3.76. The highest BCUT2D eigenvalue weighted by atomic mass is 16.4. The molecule has 1 fully saturated rings. The number of nitrogens with one attached hydrogen (secondary N) is 2. The molecule has 0 unspecified atom stereocenters. The SMILES string of the molecule is O=C(O)CN(CC1CC1)C(=O)NCc1ncc[nH]1. The van der Waals surface area contributed by atoms with E-state index in [9.17, 15) is 9.59 Å². The number of nitrogens with zero attached hydrogens (tertiary/aromatic N) is 2. The van der Waals surface area contributed by atoms with Crippen molar-refractivity contribution in [3.63, 3.8) is 0 Å². The summed E-state index contributed by atoms with van der Waals surface area (Å²) in [6.07, 6.45) is 5.41. The molecule has 7 heteroatoms. The van der Waals surface area contributed by atoms with E-state index < -0.39 is 5.97 Å². The number of carboxylic acids is 1. The van der Waals surface area contributed by atoms with Crippen LogP contribution >= 0.6 is 0 Å². The van der Waals surface area contributed by atoms with Gasteiger partial charge in [0.15, 0.2) is 0 Å². The van der Waals surface area contributed by atoms with Crippen molar-refractivity contribution in [2.75, 3.05) is 13.1 Å². The largest absolute Gasteiger partial charge is 0.480 e. The molecule has 7 nitrogen and oxygen atoms in total. The Balaban J connectivity index is 1.83. The molecule has 0 bridgehead atoms. The monoisotopic (exact) mass is 252 g/mol. The van der Waals surface area contributed by atoms with Crippen molar-refractivity contribution in [2.45, 2.75) is 19.4 Å². The second kappa shape index (κ2) is 5.52. The number of amides is 2. The number of imidazole rings is 1. The Morgan fingerprint density at radius 3 is 2.89 bits per heavy atom. The molecule has 1 saturated carbocycles. The summed E-state index contributed by atoms with van der Waals surface area (Å²) in [5.74, 6) is 0.104. The van der Waals surface area contributed by atoms with Crippen LogP contribution in [-0.2, 0) is 11.3 Å². The quantitative estimate of drug-likeness (QED) is 0.683. The highest BCUT2D eigenvalue weighted by molar-refractivity contribution is 5.80. The number of carbonyl (C=O) groups is 2. The molecule has 1 aromatic rings. The third-order valence-corrected chi connectivity index (χ3v) is 2.75. The van der Waals surface area contributed by atoms with E-state index in [-0.39, 0.29) is 19.1 Å². The molecule has 2 rings (SSSR count). The molecular formula is C11H16N4O3. The second-order valence-electron chi connectivity index (χ2n) is 4.41. The van der Waals surface area contributed by atoms with Crippen molar-refractivity contribution < 1.29 is 14.7 Å². The molecule has 0 atom stereocenters. The summed E-state index contributed by atoms with van der Waals surface area (Å²) in [4.78, 5) is 30.7. The molecule has 1 aromatic heterocycles. The number of urea groups is 1. The third-order valence-electron chi connectivity index (χ3n) is 2.75. The van der Waals surface area contributed by atoms with E-state index in [1.54, 1.807) is 12.4 Å². The molecule has 18 heavy (non-hydrogen) atoms. The summed E-state index contributed by atoms with van der Waals surface area (Å²) in [5, 5.41) is 11.4. The normalized spacial score (nSPS) is 14.2. The van der Waals surface area contributed by atoms with E-state index in [2.05, 4.69) is 15.3 Å². The number of rotatable bonds is 6. The molecular weight excluding hydrogens is 236 g/mol. The summed E-state index contributed by atoms with van der Waals surface area (Å²) >= 11 is 0. The van der Waals surface area contributed by atoms with Crippen LogP contribution in [0.4, 0.5) is 4.79 Å². The number of aromatic amines is 1. The topological polar surface area (TPSA) is 98.3 Å². The number of carbonyl (C=O) groups excluding carboxylic acids is 1. The second-order valence-corrected chi connectivity index (χ2v) is 4.41. The van der Waals surface area contributed by atoms with Gasteiger partial charge in [-0.15, -0.1) is 0 Å². The first-order valence-corrected chi connectivity index (χ1v) is 5.88. The molecule has 3 N–H and O–H groups in total. The van der Waals surface area contributed by atoms with Crippen LogP contribution in [0, 0.1) is 5.92 Å². The molecule has 0 radical (unpaired) electrons. The van der Waals surface area contributed by atoms with Crippen molar-refractivity contribution in [1.82, 2.24) is 20.2 Å². The lowest BCUT2D eigenvalue weighted by atomic mass is 10.3. The van der Waals surface area contributed by atoms with Gasteiger partial charge in [0.1, 0.15) is 12.4 Å². The van der Waals surface area contributed by atoms with E-state index in [0.717, 1.165) is 12.8 Å². The molecule has 0 saturated heterocycles. The standard InChI is InChI=1S/C11H16N4O3/c16-10(17)7-15(6-8-1-2-8)11(18)14-5-9-12-3-4-13-9/h3-4,8H,1-2,5-7H2,(H,12,13)(H,14,18)(H,16,17). The molecule has 0 aromatic carbocycles. The Bertz CT molecular complexity index is 414. The number of aliphatic carboxylic acids is 1. The predicted octanol–water partition coefficient (Wildman–Crippen LogP) is 0.416. The van der Waals surface area contributed by atoms with Gasteiger partial charge in [-0.05, 0) is 18.8 Å². The van der Waals surface area contributed by atoms with Crippen LogP contribution in [-0.4, -0.2) is 45.1 Å². The van der Waals surface area contributed by atoms with Crippen LogP contribution in [0.15, 0.2) is 12.4 Å². The first-order valence-electron chi connectivity index (χ1n) is 5.88. The number of hydrogen-bond donors (Lipinski definition) is 3. The number of aromatic nitrogens is 2. The summed E-state index contributed by atoms with van der Waals surface area (Å²) < 4.78 is 0. The van der Waals surface area contributed by atoms with Crippen LogP contribution in [0.1, 0.15) is 18.7 Å². The van der Waals surface area contributed by atoms with Gasteiger partial charge in [0.2, 0.25) is 0 Å². The lowest BCUT2D eigenvalue weighted by Gasteiger charge is -2.20. The zero-order valence-corrected chi connectivity index (χ0v) is 9.93. The van der Waals surface area contributed by atoms with Crippen LogP contribution in [0.3, 0.4) is 0 Å². The smallest absolute Gasteiger partial charge is 0.323 e. The highest BCUT2D eigenvalue weighted by Crippen LogP contribution is 2.29. The van der Waals surface area contributed by atoms with Crippen molar-refractivity contribution in [1.29, 1.82) is 0 Å². The summed E-state index contributed by atoms with van der Waals surface area (Å²) in [7, 11) is 0. The Kier molecular flexibility index (Phi) is 3.81. The van der Waals surface area contributed by atoms with Gasteiger partial charge in [0.05, 0.1) is 6.54 Å². The van der Waals surface area contributed by atoms with E-state index in [1.807, 2.05) is 0 Å². The van der Waals surface area contributed by atoms with Crippen molar-refractivity contribution in [2.24, 2.45) is 5.92 Å². The Labute approximate surface area is 104 Å². The predicted molar refractivity (Wildman–Crippen MR) is 62.8 cm³/mol. The summed E-state index contributed by atoms with van der Waals surface area (Å²) in [5.41, 5.74) is 0. The first kappa shape index (κ1) is 12.4. The highest BCUT2D eigenvalue weighted by Gasteiger charge is 2.27. The van der Waals surface area contributed by atoms with Crippen LogP contribution in [0.2, 0.25) is 0 Å². The van der Waals surface area contributed by atoms with E-state index in [0.29, 0.717) is 18.3 Å². The maximum absolute atomic E-state index is 11.8. The number of H-pyrrole nitrogens is 1. The Hall–Kier alpha value is -2.05. The zero-order chi connectivity index (χ0) is 13.0. The van der Waals surface area contributed by atoms with Gasteiger partial charge in [0.25, 0.3) is 0 Å². The van der Waals surface area contributed by atoms with Crippen LogP contribution in [0.5, 0.6) is 0 Å². The molecule has 0 spiro atoms. The number of carboxylic acid groups (broad SMARTS) is 1. The fourth-order valence-corrected chi connectivity index (χ4v) is 1.66. The lowest BCUT2D eigenvalue weighted by Crippen LogP contribution is -2.43. The van der Waals surface area contributed by atoms with Gasteiger partial charge < -0.3 is 20.3 Å². The van der Waals surface area contributed by atoms with Crippen molar-refractivity contribution >= 4 is 12.0 Å². The van der Waals surface area contributed by atoms with Crippen molar-refractivity contribution in [3.8, 4) is 0 Å². The van der Waals surface area contributed by atoms with E-state index in [1.165, 1.54) is 4.90 Å². The van der Waals surface area contributed by atoms with Crippen molar-refractivity contribution in [3.05, 3.63) is 18.2 Å². The van der Waals surface area contributed by atoms with Gasteiger partial charge in [-0.1, -0.05) is 0 Å². The van der Waals surface area contributed by atoms with Gasteiger partial charge >= 0.3 is 12.0 Å². The molecule has 0 aliphatic heterocycles. The zero-order valence-electron chi connectivity index (χ0n) is 9.93. The fourth-order valence-electron chi connectivity index (χ4n) is 1.66. The van der Waals surface area contributed by atoms with Gasteiger partial charge in [0, 0.05) is 18.9 Å². The first-order chi connectivity index (χ1) is 8.65. The molecule has 1 aliphatic carbocycles. The molecule has 1 aliphatic rings. The minimum absolute atomic E-state index is 0.263. The van der Waals surface area contributed by atoms with Crippen LogP contribution in [0.25, 0.3) is 0 Å². The maximum Gasteiger partial charge on any atom is 0.323 e. The van der Waals surface area contributed by atoms with Crippen LogP contribution < -0.4 is 5.32 Å². The Morgan fingerprint density at radius 1 is 1.56 bits per heavy atom. The summed E-state index contributed by atoms with van der Waals surface area (Å²) in [6.45, 7) is 0.517. The Morgan fingerprint density at radius 2 is 2.33 bits per heavy atom. The van der Waals surface area contributed by atoms with E-state index >= 15 is 0 Å².